The van der Waals surface area contributed by atoms with Gasteiger partial charge in [0.05, 0.1) is 11.2 Å². The molecule has 9 heteroatoms. The third-order valence-corrected chi connectivity index (χ3v) is 8.44. The summed E-state index contributed by atoms with van der Waals surface area (Å²) in [4.78, 5) is 16.2. The van der Waals surface area contributed by atoms with E-state index in [9.17, 15) is 0 Å². The fourth-order valence-electron chi connectivity index (χ4n) is 4.91. The van der Waals surface area contributed by atoms with Crippen LogP contribution in [0.3, 0.4) is 0 Å². The second-order valence-corrected chi connectivity index (χ2v) is 9.96. The molecule has 5 rings (SSSR count). The number of pyridine rings is 1. The van der Waals surface area contributed by atoms with Crippen molar-refractivity contribution in [1.82, 2.24) is 15.0 Å². The first-order valence-electron chi connectivity index (χ1n) is 10.8. The molecular formula is C23H26ClN7S. The Kier molecular flexibility index (Phi) is 5.61. The highest BCUT2D eigenvalue weighted by molar-refractivity contribution is 7.99. The van der Waals surface area contributed by atoms with Crippen molar-refractivity contribution in [3.05, 3.63) is 58.9 Å². The molecule has 7 nitrogen and oxygen atoms in total. The van der Waals surface area contributed by atoms with E-state index in [2.05, 4.69) is 44.1 Å². The quantitative estimate of drug-likeness (QED) is 0.527. The van der Waals surface area contributed by atoms with Gasteiger partial charge in [-0.3, -0.25) is 0 Å². The first kappa shape index (κ1) is 21.3. The Labute approximate surface area is 196 Å². The van der Waals surface area contributed by atoms with E-state index in [1.807, 2.05) is 0 Å². The van der Waals surface area contributed by atoms with Crippen LogP contribution < -0.4 is 22.1 Å². The number of piperidine rings is 1. The third kappa shape index (κ3) is 3.76. The number of anilines is 3. The summed E-state index contributed by atoms with van der Waals surface area (Å²) in [6, 6.07) is 10.5. The highest BCUT2D eigenvalue weighted by Gasteiger charge is 2.43. The van der Waals surface area contributed by atoms with Gasteiger partial charge in [-0.25, -0.2) is 15.0 Å². The van der Waals surface area contributed by atoms with Crippen LogP contribution >= 0.6 is 23.4 Å². The summed E-state index contributed by atoms with van der Waals surface area (Å²) in [5, 5.41) is 0.995. The van der Waals surface area contributed by atoms with Crippen LogP contribution in [0.15, 0.2) is 52.6 Å². The van der Waals surface area contributed by atoms with E-state index in [1.54, 1.807) is 18.5 Å². The minimum absolute atomic E-state index is 0.0853. The van der Waals surface area contributed by atoms with Crippen molar-refractivity contribution >= 4 is 40.8 Å². The molecule has 166 valence electrons. The maximum Gasteiger partial charge on any atom is 0.158 e. The van der Waals surface area contributed by atoms with Crippen molar-refractivity contribution < 1.29 is 0 Å². The molecule has 1 aliphatic heterocycles. The van der Waals surface area contributed by atoms with Crippen LogP contribution in [0.1, 0.15) is 36.4 Å². The summed E-state index contributed by atoms with van der Waals surface area (Å²) in [5.41, 5.74) is 21.7. The molecule has 2 aliphatic rings. The molecule has 0 radical (unpaired) electrons. The van der Waals surface area contributed by atoms with Gasteiger partial charge in [0.2, 0.25) is 0 Å². The Balaban J connectivity index is 1.29. The monoisotopic (exact) mass is 467 g/mol. The number of nitrogens with zero attached hydrogens (tertiary/aromatic N) is 4. The van der Waals surface area contributed by atoms with Crippen LogP contribution in [-0.4, -0.2) is 28.0 Å². The van der Waals surface area contributed by atoms with Crippen molar-refractivity contribution in [3.63, 3.8) is 0 Å². The number of rotatable bonds is 3. The van der Waals surface area contributed by atoms with E-state index in [0.717, 1.165) is 49.5 Å². The summed E-state index contributed by atoms with van der Waals surface area (Å²) in [6.45, 7) is 1.78. The molecule has 6 N–H and O–H groups in total. The Morgan fingerprint density at radius 2 is 1.81 bits per heavy atom. The molecule has 0 bridgehead atoms. The Morgan fingerprint density at radius 3 is 2.59 bits per heavy atom. The topological polar surface area (TPSA) is 120 Å². The number of benzene rings is 1. The summed E-state index contributed by atoms with van der Waals surface area (Å²) in [5.74, 6) is 1.46. The molecule has 1 fully saturated rings. The Bertz CT molecular complexity index is 1150. The van der Waals surface area contributed by atoms with Gasteiger partial charge in [0.25, 0.3) is 0 Å². The minimum atomic E-state index is 0.0853. The standard InChI is InChI=1S/C23H26ClN7S/c24-18-16(6-10-28-20(18)26)32-22-21(27)30-17(13-29-22)31-11-8-23(9-12-31)7-5-14-3-1-2-4-15(14)19(23)25/h1-4,6,10,13,19H,5,7-9,11-12,25H2,(H2,26,28)(H2,27,30)/t19-/m1/s1. The van der Waals surface area contributed by atoms with Crippen LogP contribution in [0.4, 0.5) is 17.5 Å². The summed E-state index contributed by atoms with van der Waals surface area (Å²) in [6.07, 6.45) is 7.70. The number of aryl methyl sites for hydroxylation is 1. The summed E-state index contributed by atoms with van der Waals surface area (Å²) in [7, 11) is 0. The van der Waals surface area contributed by atoms with Crippen LogP contribution in [0.5, 0.6) is 0 Å². The largest absolute Gasteiger partial charge is 0.382 e. The molecule has 1 aliphatic carbocycles. The fourth-order valence-corrected chi connectivity index (χ4v) is 5.93. The number of hydrogen-bond acceptors (Lipinski definition) is 8. The van der Waals surface area contributed by atoms with E-state index in [4.69, 9.17) is 28.8 Å². The molecule has 32 heavy (non-hydrogen) atoms. The highest BCUT2D eigenvalue weighted by Crippen LogP contribution is 2.49. The second kappa shape index (κ2) is 8.42. The number of hydrogen-bond donors (Lipinski definition) is 3. The predicted molar refractivity (Wildman–Crippen MR) is 130 cm³/mol. The number of nitrogen functional groups attached to an aromatic ring is 2. The van der Waals surface area contributed by atoms with E-state index in [0.29, 0.717) is 15.9 Å². The van der Waals surface area contributed by atoms with E-state index >= 15 is 0 Å². The average molecular weight is 468 g/mol. The molecule has 0 unspecified atom stereocenters. The van der Waals surface area contributed by atoms with Gasteiger partial charge in [0.15, 0.2) is 5.82 Å². The average Bonchev–Trinajstić information content (AvgIpc) is 2.81. The van der Waals surface area contributed by atoms with E-state index in [-0.39, 0.29) is 17.3 Å². The van der Waals surface area contributed by atoms with Gasteiger partial charge in [-0.2, -0.15) is 0 Å². The highest BCUT2D eigenvalue weighted by atomic mass is 35.5. The third-order valence-electron chi connectivity index (χ3n) is 6.86. The summed E-state index contributed by atoms with van der Waals surface area (Å²) < 4.78 is 0. The predicted octanol–water partition coefficient (Wildman–Crippen LogP) is 4.07. The van der Waals surface area contributed by atoms with Crippen molar-refractivity contribution in [3.8, 4) is 0 Å². The van der Waals surface area contributed by atoms with Crippen molar-refractivity contribution in [2.24, 2.45) is 11.1 Å². The van der Waals surface area contributed by atoms with E-state index < -0.39 is 0 Å². The van der Waals surface area contributed by atoms with Crippen LogP contribution in [0.2, 0.25) is 5.02 Å². The van der Waals surface area contributed by atoms with Gasteiger partial charge >= 0.3 is 0 Å². The van der Waals surface area contributed by atoms with Gasteiger partial charge in [-0.05, 0) is 48.3 Å². The first-order chi connectivity index (χ1) is 15.5. The van der Waals surface area contributed by atoms with Crippen LogP contribution in [-0.2, 0) is 6.42 Å². The SMILES string of the molecule is Nc1nc(N2CCC3(CCc4ccccc4[C@H]3N)CC2)cnc1Sc1ccnc(N)c1Cl. The number of fused-ring (bicyclic) bond motifs is 1. The maximum absolute atomic E-state index is 6.79. The molecular weight excluding hydrogens is 442 g/mol. The zero-order valence-electron chi connectivity index (χ0n) is 17.7. The Morgan fingerprint density at radius 1 is 1.03 bits per heavy atom. The zero-order valence-corrected chi connectivity index (χ0v) is 19.2. The van der Waals surface area contributed by atoms with Crippen molar-refractivity contribution in [2.75, 3.05) is 29.5 Å². The molecule has 0 amide bonds. The fraction of sp³-hybridized carbons (Fsp3) is 0.348. The lowest BCUT2D eigenvalue weighted by atomic mass is 9.63. The molecule has 0 saturated carbocycles. The van der Waals surface area contributed by atoms with Crippen molar-refractivity contribution in [1.29, 1.82) is 0 Å². The van der Waals surface area contributed by atoms with Crippen LogP contribution in [0, 0.1) is 5.41 Å². The first-order valence-corrected chi connectivity index (χ1v) is 11.9. The van der Waals surface area contributed by atoms with E-state index in [1.165, 1.54) is 22.9 Å². The summed E-state index contributed by atoms with van der Waals surface area (Å²) >= 11 is 7.58. The van der Waals surface area contributed by atoms with Gasteiger partial charge in [0, 0.05) is 30.2 Å². The lowest BCUT2D eigenvalue weighted by molar-refractivity contribution is 0.141. The van der Waals surface area contributed by atoms with Gasteiger partial charge in [-0.15, -0.1) is 0 Å². The van der Waals surface area contributed by atoms with Crippen LogP contribution in [0.25, 0.3) is 0 Å². The molecule has 2 aromatic heterocycles. The van der Waals surface area contributed by atoms with Gasteiger partial charge in [0.1, 0.15) is 16.7 Å². The molecule has 1 spiro atoms. The Hall–Kier alpha value is -2.55. The molecule has 3 aromatic rings. The normalized spacial score (nSPS) is 19.7. The zero-order chi connectivity index (χ0) is 22.3. The lowest BCUT2D eigenvalue weighted by Gasteiger charge is -2.48. The minimum Gasteiger partial charge on any atom is -0.382 e. The smallest absolute Gasteiger partial charge is 0.158 e. The molecule has 1 saturated heterocycles. The van der Waals surface area contributed by atoms with Gasteiger partial charge in [-0.1, -0.05) is 47.6 Å². The number of aromatic nitrogens is 3. The number of halogens is 1. The molecule has 3 heterocycles. The number of nitrogens with two attached hydrogens (primary N) is 3. The molecule has 1 aromatic carbocycles. The van der Waals surface area contributed by atoms with Gasteiger partial charge < -0.3 is 22.1 Å². The molecule has 1 atom stereocenters. The lowest BCUT2D eigenvalue weighted by Crippen LogP contribution is -2.48. The maximum atomic E-state index is 6.79. The second-order valence-electron chi connectivity index (χ2n) is 8.55. The van der Waals surface area contributed by atoms with Crippen molar-refractivity contribution in [2.45, 2.75) is 41.6 Å².